The Balaban J connectivity index is 2.53. The summed E-state index contributed by atoms with van der Waals surface area (Å²) in [5, 5.41) is 8.76. The Bertz CT molecular complexity index is 269. The summed E-state index contributed by atoms with van der Waals surface area (Å²) in [6, 6.07) is 2.57. The Hall–Kier alpha value is -0.880. The lowest BCUT2D eigenvalue weighted by Gasteiger charge is -2.36. The monoisotopic (exact) mass is 208 g/mol. The molecule has 3 atom stereocenters. The molecule has 1 rings (SSSR count). The van der Waals surface area contributed by atoms with Crippen LogP contribution in [0.3, 0.4) is 0 Å². The van der Waals surface area contributed by atoms with Crippen molar-refractivity contribution in [2.45, 2.75) is 39.2 Å². The van der Waals surface area contributed by atoms with Gasteiger partial charge in [-0.2, -0.15) is 5.26 Å². The average molecular weight is 208 g/mol. The van der Waals surface area contributed by atoms with Crippen LogP contribution in [0.15, 0.2) is 0 Å². The quantitative estimate of drug-likeness (QED) is 0.710. The first-order chi connectivity index (χ1) is 7.04. The average Bonchev–Trinajstić information content (AvgIpc) is 2.21. The van der Waals surface area contributed by atoms with Crippen molar-refractivity contribution in [3.8, 4) is 6.07 Å². The third-order valence-electron chi connectivity index (χ3n) is 3.32. The van der Waals surface area contributed by atoms with E-state index in [0.29, 0.717) is 24.2 Å². The van der Waals surface area contributed by atoms with Crippen LogP contribution < -0.4 is 0 Å². The zero-order valence-electron chi connectivity index (χ0n) is 9.86. The maximum atomic E-state index is 11.4. The van der Waals surface area contributed by atoms with Crippen LogP contribution in [-0.4, -0.2) is 30.3 Å². The van der Waals surface area contributed by atoms with E-state index in [0.717, 1.165) is 19.4 Å². The molecule has 0 spiro atoms. The molecule has 0 amide bonds. The van der Waals surface area contributed by atoms with Crippen LogP contribution in [0.1, 0.15) is 33.1 Å². The highest BCUT2D eigenvalue weighted by molar-refractivity contribution is 5.79. The number of carbonyl (C=O) groups is 1. The van der Waals surface area contributed by atoms with Gasteiger partial charge in [-0.3, -0.25) is 4.79 Å². The van der Waals surface area contributed by atoms with Gasteiger partial charge in [-0.1, -0.05) is 6.92 Å². The third kappa shape index (κ3) is 3.32. The van der Waals surface area contributed by atoms with Gasteiger partial charge in [-0.05, 0) is 26.3 Å². The van der Waals surface area contributed by atoms with Crippen molar-refractivity contribution in [2.75, 3.05) is 13.6 Å². The molecule has 0 heterocycles. The van der Waals surface area contributed by atoms with Gasteiger partial charge in [0.15, 0.2) is 0 Å². The molecule has 3 heteroatoms. The summed E-state index contributed by atoms with van der Waals surface area (Å²) in [5.74, 6) is 0.979. The lowest BCUT2D eigenvalue weighted by molar-refractivity contribution is -0.123. The maximum Gasteiger partial charge on any atom is 0.134 e. The van der Waals surface area contributed by atoms with E-state index < -0.39 is 0 Å². The Labute approximate surface area is 92.1 Å². The minimum Gasteiger partial charge on any atom is -0.301 e. The summed E-state index contributed by atoms with van der Waals surface area (Å²) in [6.45, 7) is 4.88. The number of hydrogen-bond donors (Lipinski definition) is 0. The molecular formula is C12H20N2O. The molecule has 0 aliphatic heterocycles. The molecule has 1 aliphatic rings. The third-order valence-corrected chi connectivity index (χ3v) is 3.32. The van der Waals surface area contributed by atoms with Crippen LogP contribution in [0.4, 0.5) is 0 Å². The molecule has 0 aromatic carbocycles. The Morgan fingerprint density at radius 3 is 2.93 bits per heavy atom. The second-order valence-electron chi connectivity index (χ2n) is 4.80. The van der Waals surface area contributed by atoms with E-state index in [1.807, 2.05) is 14.0 Å². The van der Waals surface area contributed by atoms with E-state index >= 15 is 0 Å². The van der Waals surface area contributed by atoms with Crippen molar-refractivity contribution in [2.24, 2.45) is 11.8 Å². The number of nitrogens with zero attached hydrogens (tertiary/aromatic N) is 2. The summed E-state index contributed by atoms with van der Waals surface area (Å²) in [6.07, 6.45) is 2.39. The predicted molar refractivity (Wildman–Crippen MR) is 59.2 cm³/mol. The lowest BCUT2D eigenvalue weighted by atomic mass is 9.84. The molecular weight excluding hydrogens is 188 g/mol. The normalized spacial score (nSPS) is 28.9. The van der Waals surface area contributed by atoms with Gasteiger partial charge in [0.1, 0.15) is 5.78 Å². The Morgan fingerprint density at radius 1 is 1.67 bits per heavy atom. The predicted octanol–water partition coefficient (Wildman–Crippen LogP) is 1.84. The first-order valence-electron chi connectivity index (χ1n) is 5.66. The summed E-state index contributed by atoms with van der Waals surface area (Å²) < 4.78 is 0. The SMILES string of the molecule is CC(C#N)CN(C)C1CC(=O)CCC1C. The summed E-state index contributed by atoms with van der Waals surface area (Å²) in [4.78, 5) is 13.6. The van der Waals surface area contributed by atoms with Gasteiger partial charge in [0.25, 0.3) is 0 Å². The number of nitriles is 1. The molecule has 0 N–H and O–H groups in total. The minimum atomic E-state index is 0.0410. The van der Waals surface area contributed by atoms with E-state index in [9.17, 15) is 4.79 Å². The molecule has 3 nitrogen and oxygen atoms in total. The summed E-state index contributed by atoms with van der Waals surface area (Å²) in [5.41, 5.74) is 0. The highest BCUT2D eigenvalue weighted by atomic mass is 16.1. The standard InChI is InChI=1S/C12H20N2O/c1-9(7-13)8-14(3)12-6-11(15)5-4-10(12)2/h9-10,12H,4-6,8H2,1-3H3. The van der Waals surface area contributed by atoms with E-state index in [1.54, 1.807) is 0 Å². The highest BCUT2D eigenvalue weighted by Gasteiger charge is 2.29. The van der Waals surface area contributed by atoms with Crippen LogP contribution in [0.2, 0.25) is 0 Å². The van der Waals surface area contributed by atoms with Gasteiger partial charge in [0.2, 0.25) is 0 Å². The van der Waals surface area contributed by atoms with E-state index in [-0.39, 0.29) is 5.92 Å². The Morgan fingerprint density at radius 2 is 2.33 bits per heavy atom. The first-order valence-corrected chi connectivity index (χ1v) is 5.66. The molecule has 1 saturated carbocycles. The summed E-state index contributed by atoms with van der Waals surface area (Å²) in [7, 11) is 2.02. The van der Waals surface area contributed by atoms with Crippen LogP contribution in [0.25, 0.3) is 0 Å². The number of Topliss-reactive ketones (excluding diaryl/α,β-unsaturated/α-hetero) is 1. The zero-order chi connectivity index (χ0) is 11.4. The fourth-order valence-electron chi connectivity index (χ4n) is 2.32. The fraction of sp³-hybridized carbons (Fsp3) is 0.833. The van der Waals surface area contributed by atoms with E-state index in [4.69, 9.17) is 5.26 Å². The van der Waals surface area contributed by atoms with Crippen LogP contribution in [0, 0.1) is 23.2 Å². The molecule has 1 fully saturated rings. The molecule has 0 aromatic rings. The van der Waals surface area contributed by atoms with Gasteiger partial charge >= 0.3 is 0 Å². The second-order valence-corrected chi connectivity index (χ2v) is 4.80. The van der Waals surface area contributed by atoms with Crippen LogP contribution in [0.5, 0.6) is 0 Å². The lowest BCUT2D eigenvalue weighted by Crippen LogP contribution is -2.43. The molecule has 84 valence electrons. The maximum absolute atomic E-state index is 11.4. The molecule has 1 aliphatic carbocycles. The van der Waals surface area contributed by atoms with Gasteiger partial charge in [-0.15, -0.1) is 0 Å². The molecule has 3 unspecified atom stereocenters. The van der Waals surface area contributed by atoms with Crippen LogP contribution >= 0.6 is 0 Å². The van der Waals surface area contributed by atoms with Gasteiger partial charge in [0, 0.05) is 25.4 Å². The fourth-order valence-corrected chi connectivity index (χ4v) is 2.32. The zero-order valence-corrected chi connectivity index (χ0v) is 9.86. The number of hydrogen-bond acceptors (Lipinski definition) is 3. The van der Waals surface area contributed by atoms with Crippen molar-refractivity contribution >= 4 is 5.78 Å². The van der Waals surface area contributed by atoms with Crippen molar-refractivity contribution in [3.63, 3.8) is 0 Å². The highest BCUT2D eigenvalue weighted by Crippen LogP contribution is 2.25. The number of rotatable bonds is 3. The van der Waals surface area contributed by atoms with E-state index in [1.165, 1.54) is 0 Å². The van der Waals surface area contributed by atoms with E-state index in [2.05, 4.69) is 17.9 Å². The first kappa shape index (κ1) is 12.2. The molecule has 0 aromatic heterocycles. The van der Waals surface area contributed by atoms with Gasteiger partial charge in [0.05, 0.1) is 12.0 Å². The van der Waals surface area contributed by atoms with Crippen LogP contribution in [-0.2, 0) is 4.79 Å². The molecule has 15 heavy (non-hydrogen) atoms. The van der Waals surface area contributed by atoms with Crippen molar-refractivity contribution in [3.05, 3.63) is 0 Å². The second kappa shape index (κ2) is 5.27. The van der Waals surface area contributed by atoms with Crippen molar-refractivity contribution in [1.29, 1.82) is 5.26 Å². The minimum absolute atomic E-state index is 0.0410. The summed E-state index contributed by atoms with van der Waals surface area (Å²) >= 11 is 0. The van der Waals surface area contributed by atoms with Gasteiger partial charge < -0.3 is 4.90 Å². The smallest absolute Gasteiger partial charge is 0.134 e. The number of ketones is 1. The largest absolute Gasteiger partial charge is 0.301 e. The topological polar surface area (TPSA) is 44.1 Å². The molecule has 0 bridgehead atoms. The van der Waals surface area contributed by atoms with Gasteiger partial charge in [-0.25, -0.2) is 0 Å². The molecule has 0 saturated heterocycles. The molecule has 0 radical (unpaired) electrons. The van der Waals surface area contributed by atoms with Crippen molar-refractivity contribution in [1.82, 2.24) is 4.90 Å². The van der Waals surface area contributed by atoms with Crippen molar-refractivity contribution < 1.29 is 4.79 Å². The Kier molecular flexibility index (Phi) is 4.28. The number of carbonyl (C=O) groups excluding carboxylic acids is 1.